The minimum absolute atomic E-state index is 0.00243. The molecule has 1 unspecified atom stereocenters. The van der Waals surface area contributed by atoms with Gasteiger partial charge in [0, 0.05) is 0 Å². The molecular formula is C23H27F2NO2. The SMILES string of the molecule is CCCCCCCc1ccc(OCC2COC(c3c(F)cccc3F)=N2)cc1. The summed E-state index contributed by atoms with van der Waals surface area (Å²) in [6, 6.07) is 11.5. The van der Waals surface area contributed by atoms with E-state index in [0.717, 1.165) is 12.2 Å². The normalized spacial score (nSPS) is 16.0. The predicted molar refractivity (Wildman–Crippen MR) is 107 cm³/mol. The average molecular weight is 387 g/mol. The Kier molecular flexibility index (Phi) is 7.40. The van der Waals surface area contributed by atoms with Gasteiger partial charge in [-0.05, 0) is 42.7 Å². The highest BCUT2D eigenvalue weighted by Gasteiger charge is 2.25. The summed E-state index contributed by atoms with van der Waals surface area (Å²) in [5, 5.41) is 0. The highest BCUT2D eigenvalue weighted by Crippen LogP contribution is 2.20. The molecule has 150 valence electrons. The van der Waals surface area contributed by atoms with Gasteiger partial charge < -0.3 is 9.47 Å². The van der Waals surface area contributed by atoms with Crippen LogP contribution in [0.5, 0.6) is 5.75 Å². The van der Waals surface area contributed by atoms with E-state index in [1.807, 2.05) is 12.1 Å². The van der Waals surface area contributed by atoms with Gasteiger partial charge in [-0.1, -0.05) is 50.8 Å². The van der Waals surface area contributed by atoms with Gasteiger partial charge >= 0.3 is 0 Å². The molecule has 0 N–H and O–H groups in total. The summed E-state index contributed by atoms with van der Waals surface area (Å²) in [5.41, 5.74) is 1.09. The second kappa shape index (κ2) is 10.2. The number of unbranched alkanes of at least 4 members (excludes halogenated alkanes) is 4. The van der Waals surface area contributed by atoms with E-state index in [0.29, 0.717) is 6.61 Å². The van der Waals surface area contributed by atoms with E-state index in [1.165, 1.54) is 55.9 Å². The molecule has 1 aliphatic rings. The van der Waals surface area contributed by atoms with E-state index in [9.17, 15) is 8.78 Å². The lowest BCUT2D eigenvalue weighted by Crippen LogP contribution is -2.17. The molecule has 0 saturated heterocycles. The van der Waals surface area contributed by atoms with E-state index >= 15 is 0 Å². The Bertz CT molecular complexity index is 769. The number of aryl methyl sites for hydroxylation is 1. The topological polar surface area (TPSA) is 30.8 Å². The molecule has 0 amide bonds. The summed E-state index contributed by atoms with van der Waals surface area (Å²) >= 11 is 0. The molecule has 5 heteroatoms. The number of rotatable bonds is 10. The summed E-state index contributed by atoms with van der Waals surface area (Å²) in [7, 11) is 0. The van der Waals surface area contributed by atoms with Crippen LogP contribution >= 0.6 is 0 Å². The first kappa shape index (κ1) is 20.3. The van der Waals surface area contributed by atoms with E-state index in [-0.39, 0.29) is 24.1 Å². The Labute approximate surface area is 165 Å². The zero-order valence-corrected chi connectivity index (χ0v) is 16.3. The van der Waals surface area contributed by atoms with E-state index in [4.69, 9.17) is 9.47 Å². The van der Waals surface area contributed by atoms with Gasteiger partial charge in [0.2, 0.25) is 5.90 Å². The van der Waals surface area contributed by atoms with E-state index < -0.39 is 11.6 Å². The Morgan fingerprint density at radius 1 is 1.00 bits per heavy atom. The largest absolute Gasteiger partial charge is 0.491 e. The molecule has 0 spiro atoms. The van der Waals surface area contributed by atoms with E-state index in [1.54, 1.807) is 0 Å². The summed E-state index contributed by atoms with van der Waals surface area (Å²) < 4.78 is 38.8. The molecule has 3 rings (SSSR count). The molecule has 3 nitrogen and oxygen atoms in total. The fraction of sp³-hybridized carbons (Fsp3) is 0.435. The number of aliphatic imine (C=N–C) groups is 1. The van der Waals surface area contributed by atoms with E-state index in [2.05, 4.69) is 24.0 Å². The van der Waals surface area contributed by atoms with Crippen LogP contribution < -0.4 is 4.74 Å². The molecule has 1 aliphatic heterocycles. The van der Waals surface area contributed by atoms with Crippen molar-refractivity contribution >= 4 is 5.90 Å². The number of hydrogen-bond donors (Lipinski definition) is 0. The molecule has 2 aromatic rings. The third-order valence-corrected chi connectivity index (χ3v) is 4.82. The zero-order valence-electron chi connectivity index (χ0n) is 16.3. The van der Waals surface area contributed by atoms with Crippen molar-refractivity contribution in [1.82, 2.24) is 0 Å². The van der Waals surface area contributed by atoms with Crippen LogP contribution in [-0.4, -0.2) is 25.2 Å². The minimum atomic E-state index is -0.675. The van der Waals surface area contributed by atoms with Gasteiger partial charge in [0.05, 0.1) is 0 Å². The second-order valence-electron chi connectivity index (χ2n) is 7.11. The molecule has 2 aromatic carbocycles. The van der Waals surface area contributed by atoms with Crippen molar-refractivity contribution in [3.8, 4) is 5.75 Å². The van der Waals surface area contributed by atoms with Crippen molar-refractivity contribution in [2.24, 2.45) is 4.99 Å². The van der Waals surface area contributed by atoms with Crippen molar-refractivity contribution < 1.29 is 18.3 Å². The summed E-state index contributed by atoms with van der Waals surface area (Å²) in [6.45, 7) is 2.77. The van der Waals surface area contributed by atoms with Crippen molar-refractivity contribution in [2.45, 2.75) is 51.5 Å². The maximum atomic E-state index is 13.8. The molecule has 1 atom stereocenters. The Morgan fingerprint density at radius 3 is 2.43 bits per heavy atom. The van der Waals surface area contributed by atoms with Gasteiger partial charge in [-0.25, -0.2) is 13.8 Å². The molecule has 0 bridgehead atoms. The smallest absolute Gasteiger partial charge is 0.222 e. The number of nitrogens with zero attached hydrogens (tertiary/aromatic N) is 1. The first-order valence-electron chi connectivity index (χ1n) is 10.0. The Hall–Kier alpha value is -2.43. The first-order valence-corrected chi connectivity index (χ1v) is 10.0. The molecular weight excluding hydrogens is 360 g/mol. The molecule has 0 saturated carbocycles. The van der Waals surface area contributed by atoms with Gasteiger partial charge in [-0.15, -0.1) is 0 Å². The van der Waals surface area contributed by atoms with Crippen molar-refractivity contribution in [3.63, 3.8) is 0 Å². The van der Waals surface area contributed by atoms with Crippen LogP contribution in [0.25, 0.3) is 0 Å². The highest BCUT2D eigenvalue weighted by atomic mass is 19.1. The summed E-state index contributed by atoms with van der Waals surface area (Å²) in [5.74, 6) is -0.589. The third-order valence-electron chi connectivity index (χ3n) is 4.82. The molecule has 0 aliphatic carbocycles. The maximum absolute atomic E-state index is 13.8. The van der Waals surface area contributed by atoms with Crippen molar-refractivity contribution in [1.29, 1.82) is 0 Å². The van der Waals surface area contributed by atoms with Crippen LogP contribution in [0.1, 0.15) is 50.2 Å². The fourth-order valence-corrected chi connectivity index (χ4v) is 3.22. The van der Waals surface area contributed by atoms with Gasteiger partial charge in [0.1, 0.15) is 42.2 Å². The number of benzene rings is 2. The number of ether oxygens (including phenoxy) is 2. The van der Waals surface area contributed by atoms with Gasteiger partial charge in [0.15, 0.2) is 0 Å². The van der Waals surface area contributed by atoms with Crippen LogP contribution in [0.15, 0.2) is 47.5 Å². The van der Waals surface area contributed by atoms with Crippen molar-refractivity contribution in [2.75, 3.05) is 13.2 Å². The van der Waals surface area contributed by atoms with Gasteiger partial charge in [-0.3, -0.25) is 0 Å². The van der Waals surface area contributed by atoms with Crippen LogP contribution in [-0.2, 0) is 11.2 Å². The number of halogens is 2. The lowest BCUT2D eigenvalue weighted by molar-refractivity contribution is 0.242. The van der Waals surface area contributed by atoms with Crippen molar-refractivity contribution in [3.05, 3.63) is 65.2 Å². The monoisotopic (exact) mass is 387 g/mol. The fourth-order valence-electron chi connectivity index (χ4n) is 3.22. The van der Waals surface area contributed by atoms with Gasteiger partial charge in [0.25, 0.3) is 0 Å². The zero-order chi connectivity index (χ0) is 19.8. The van der Waals surface area contributed by atoms with Gasteiger partial charge in [-0.2, -0.15) is 0 Å². The Morgan fingerprint density at radius 2 is 1.71 bits per heavy atom. The quantitative estimate of drug-likeness (QED) is 0.490. The summed E-state index contributed by atoms with van der Waals surface area (Å²) in [4.78, 5) is 4.27. The van der Waals surface area contributed by atoms with Crippen LogP contribution in [0.4, 0.5) is 8.78 Å². The first-order chi connectivity index (χ1) is 13.7. The average Bonchev–Trinajstić information content (AvgIpc) is 3.15. The molecule has 1 heterocycles. The minimum Gasteiger partial charge on any atom is -0.491 e. The second-order valence-corrected chi connectivity index (χ2v) is 7.11. The van der Waals surface area contributed by atoms with Crippen LogP contribution in [0.2, 0.25) is 0 Å². The molecule has 0 fully saturated rings. The predicted octanol–water partition coefficient (Wildman–Crippen LogP) is 5.70. The summed E-state index contributed by atoms with van der Waals surface area (Å²) in [6.07, 6.45) is 7.45. The molecule has 0 radical (unpaired) electrons. The third kappa shape index (κ3) is 5.54. The number of hydrogen-bond acceptors (Lipinski definition) is 3. The highest BCUT2D eigenvalue weighted by molar-refractivity contribution is 5.95. The van der Waals surface area contributed by atoms with Crippen LogP contribution in [0.3, 0.4) is 0 Å². The lowest BCUT2D eigenvalue weighted by Gasteiger charge is -2.09. The standard InChI is InChI=1S/C23H27F2NO2/c1-2-3-4-5-6-8-17-11-13-19(14-12-17)27-15-18-16-28-23(26-18)22-20(24)9-7-10-21(22)25/h7,9-14,18H,2-6,8,15-16H2,1H3. The Balaban J connectivity index is 1.48. The maximum Gasteiger partial charge on any atom is 0.222 e. The molecule has 0 aromatic heterocycles. The lowest BCUT2D eigenvalue weighted by atomic mass is 10.1. The van der Waals surface area contributed by atoms with Crippen LogP contribution in [0, 0.1) is 11.6 Å². The molecule has 28 heavy (non-hydrogen) atoms.